The third kappa shape index (κ3) is 4.22. The van der Waals surface area contributed by atoms with Crippen LogP contribution in [0, 0.1) is 0 Å². The summed E-state index contributed by atoms with van der Waals surface area (Å²) in [5.74, 6) is 0.274. The van der Waals surface area contributed by atoms with Gasteiger partial charge in [0.2, 0.25) is 0 Å². The zero-order chi connectivity index (χ0) is 10.9. The van der Waals surface area contributed by atoms with Crippen LogP contribution < -0.4 is 10.6 Å². The maximum absolute atomic E-state index is 12.3. The molecule has 2 N–H and O–H groups in total. The summed E-state index contributed by atoms with van der Waals surface area (Å²) in [6, 6.07) is 2.17. The van der Waals surface area contributed by atoms with Crippen molar-refractivity contribution in [2.24, 2.45) is 0 Å². The Morgan fingerprint density at radius 2 is 1.94 bits per heavy atom. The van der Waals surface area contributed by atoms with Gasteiger partial charge in [-0.1, -0.05) is 0 Å². The highest BCUT2D eigenvalue weighted by atomic mass is 35.5. The van der Waals surface area contributed by atoms with E-state index in [1.165, 1.54) is 0 Å². The van der Waals surface area contributed by atoms with E-state index in [1.54, 1.807) is 0 Å². The molecule has 0 radical (unpaired) electrons. The number of nitrogens with zero attached hydrogens (tertiary/aromatic N) is 1. The number of anilines is 1. The van der Waals surface area contributed by atoms with E-state index in [4.69, 9.17) is 0 Å². The van der Waals surface area contributed by atoms with Gasteiger partial charge in [-0.15, -0.1) is 24.8 Å². The molecule has 1 aromatic heterocycles. The Morgan fingerprint density at radius 1 is 1.29 bits per heavy atom. The van der Waals surface area contributed by atoms with Crippen LogP contribution in [0.15, 0.2) is 18.3 Å². The topological polar surface area (TPSA) is 37.0 Å². The molecule has 1 aliphatic heterocycles. The standard InChI is InChI=1S/C9H10F3N3.2ClH/c10-9(11,12)6-1-2-14-8(3-6)15-7-4-13-5-7;;/h1-3,7,13H,4-5H2,(H,14,15);2*1H. The summed E-state index contributed by atoms with van der Waals surface area (Å²) in [5.41, 5.74) is -0.674. The van der Waals surface area contributed by atoms with Gasteiger partial charge in [0.25, 0.3) is 0 Å². The van der Waals surface area contributed by atoms with Crippen LogP contribution in [0.1, 0.15) is 5.56 Å². The molecule has 2 heterocycles. The van der Waals surface area contributed by atoms with E-state index in [0.29, 0.717) is 0 Å². The first-order valence-electron chi connectivity index (χ1n) is 4.56. The predicted octanol–water partition coefficient (Wildman–Crippen LogP) is 2.33. The first kappa shape index (κ1) is 16.3. The van der Waals surface area contributed by atoms with E-state index in [1.807, 2.05) is 0 Å². The highest BCUT2D eigenvalue weighted by molar-refractivity contribution is 5.85. The molecule has 17 heavy (non-hydrogen) atoms. The van der Waals surface area contributed by atoms with Gasteiger partial charge in [0.15, 0.2) is 0 Å². The summed E-state index contributed by atoms with van der Waals surface area (Å²) in [6.07, 6.45) is -3.14. The monoisotopic (exact) mass is 289 g/mol. The molecule has 0 atom stereocenters. The average Bonchev–Trinajstić information content (AvgIpc) is 2.11. The molecule has 0 aromatic carbocycles. The van der Waals surface area contributed by atoms with Crippen LogP contribution in [-0.2, 0) is 6.18 Å². The molecule has 1 saturated heterocycles. The molecule has 8 heteroatoms. The number of hydrogen-bond acceptors (Lipinski definition) is 3. The second kappa shape index (κ2) is 6.28. The van der Waals surface area contributed by atoms with E-state index >= 15 is 0 Å². The molecule has 98 valence electrons. The molecule has 3 nitrogen and oxygen atoms in total. The van der Waals surface area contributed by atoms with E-state index < -0.39 is 11.7 Å². The summed E-state index contributed by atoms with van der Waals surface area (Å²) in [4.78, 5) is 3.84. The lowest BCUT2D eigenvalue weighted by Gasteiger charge is -2.28. The Morgan fingerprint density at radius 3 is 2.41 bits per heavy atom. The molecule has 0 saturated carbocycles. The maximum Gasteiger partial charge on any atom is 0.416 e. The number of nitrogens with one attached hydrogen (secondary N) is 2. The normalized spacial score (nSPS) is 15.2. The van der Waals surface area contributed by atoms with Crippen molar-refractivity contribution in [1.29, 1.82) is 0 Å². The number of alkyl halides is 3. The van der Waals surface area contributed by atoms with Crippen LogP contribution >= 0.6 is 24.8 Å². The molecule has 1 aromatic rings. The number of hydrogen-bond donors (Lipinski definition) is 2. The van der Waals surface area contributed by atoms with Gasteiger partial charge in [0.1, 0.15) is 5.82 Å². The quantitative estimate of drug-likeness (QED) is 0.877. The van der Waals surface area contributed by atoms with Crippen molar-refractivity contribution in [3.8, 4) is 0 Å². The van der Waals surface area contributed by atoms with Crippen molar-refractivity contribution in [3.05, 3.63) is 23.9 Å². The number of pyridine rings is 1. The fourth-order valence-corrected chi connectivity index (χ4v) is 1.29. The molecule has 2 rings (SSSR count). The van der Waals surface area contributed by atoms with Crippen molar-refractivity contribution in [1.82, 2.24) is 10.3 Å². The fraction of sp³-hybridized carbons (Fsp3) is 0.444. The van der Waals surface area contributed by atoms with Crippen LogP contribution in [0.25, 0.3) is 0 Å². The Bertz CT molecular complexity index is 356. The van der Waals surface area contributed by atoms with Crippen LogP contribution in [0.5, 0.6) is 0 Å². The molecule has 0 aliphatic carbocycles. The van der Waals surface area contributed by atoms with Crippen molar-refractivity contribution < 1.29 is 13.2 Å². The summed E-state index contributed by atoms with van der Waals surface area (Å²) in [6.45, 7) is 1.52. The van der Waals surface area contributed by atoms with Gasteiger partial charge in [0.05, 0.1) is 11.6 Å². The average molecular weight is 290 g/mol. The second-order valence-electron chi connectivity index (χ2n) is 3.43. The van der Waals surface area contributed by atoms with Crippen LogP contribution in [0.3, 0.4) is 0 Å². The van der Waals surface area contributed by atoms with Gasteiger partial charge < -0.3 is 10.6 Å². The summed E-state index contributed by atoms with van der Waals surface area (Å²) >= 11 is 0. The smallest absolute Gasteiger partial charge is 0.365 e. The molecular weight excluding hydrogens is 278 g/mol. The van der Waals surface area contributed by atoms with Crippen molar-refractivity contribution in [2.75, 3.05) is 18.4 Å². The fourth-order valence-electron chi connectivity index (χ4n) is 1.29. The summed E-state index contributed by atoms with van der Waals surface area (Å²) in [5, 5.41) is 5.93. The minimum atomic E-state index is -4.31. The minimum absolute atomic E-state index is 0. The van der Waals surface area contributed by atoms with E-state index in [2.05, 4.69) is 15.6 Å². The van der Waals surface area contributed by atoms with Gasteiger partial charge in [-0.3, -0.25) is 0 Å². The zero-order valence-corrected chi connectivity index (χ0v) is 10.3. The lowest BCUT2D eigenvalue weighted by molar-refractivity contribution is -0.137. The van der Waals surface area contributed by atoms with E-state index in [9.17, 15) is 13.2 Å². The Kier molecular flexibility index (Phi) is 6.01. The van der Waals surface area contributed by atoms with Gasteiger partial charge in [-0.05, 0) is 12.1 Å². The lowest BCUT2D eigenvalue weighted by atomic mass is 10.2. The third-order valence-corrected chi connectivity index (χ3v) is 2.22. The maximum atomic E-state index is 12.3. The van der Waals surface area contributed by atoms with Crippen LogP contribution in [0.4, 0.5) is 19.0 Å². The number of rotatable bonds is 2. The van der Waals surface area contributed by atoms with Gasteiger partial charge >= 0.3 is 6.18 Å². The minimum Gasteiger partial charge on any atom is -0.365 e. The zero-order valence-electron chi connectivity index (χ0n) is 8.62. The number of halogens is 5. The summed E-state index contributed by atoms with van der Waals surface area (Å²) in [7, 11) is 0. The Hall–Kier alpha value is -0.720. The lowest BCUT2D eigenvalue weighted by Crippen LogP contribution is -2.51. The van der Waals surface area contributed by atoms with Crippen molar-refractivity contribution in [3.63, 3.8) is 0 Å². The largest absolute Gasteiger partial charge is 0.416 e. The second-order valence-corrected chi connectivity index (χ2v) is 3.43. The molecule has 0 bridgehead atoms. The van der Waals surface area contributed by atoms with Crippen molar-refractivity contribution in [2.45, 2.75) is 12.2 Å². The van der Waals surface area contributed by atoms with Crippen molar-refractivity contribution >= 4 is 30.6 Å². The predicted molar refractivity (Wildman–Crippen MR) is 64.0 cm³/mol. The molecule has 1 fully saturated rings. The highest BCUT2D eigenvalue weighted by Gasteiger charge is 2.31. The summed E-state index contributed by atoms with van der Waals surface area (Å²) < 4.78 is 37.0. The third-order valence-electron chi connectivity index (χ3n) is 2.22. The molecular formula is C9H12Cl2F3N3. The highest BCUT2D eigenvalue weighted by Crippen LogP contribution is 2.29. The molecule has 0 unspecified atom stereocenters. The Labute approximate surface area is 109 Å². The first-order chi connectivity index (χ1) is 7.05. The SMILES string of the molecule is Cl.Cl.FC(F)(F)c1ccnc(NC2CNC2)c1. The molecule has 0 amide bonds. The van der Waals surface area contributed by atoms with Gasteiger partial charge in [0, 0.05) is 19.3 Å². The van der Waals surface area contributed by atoms with Gasteiger partial charge in [-0.25, -0.2) is 4.98 Å². The van der Waals surface area contributed by atoms with E-state index in [0.717, 1.165) is 31.4 Å². The van der Waals surface area contributed by atoms with E-state index in [-0.39, 0.29) is 36.7 Å². The first-order valence-corrected chi connectivity index (χ1v) is 4.56. The van der Waals surface area contributed by atoms with Crippen LogP contribution in [-0.4, -0.2) is 24.1 Å². The van der Waals surface area contributed by atoms with Crippen LogP contribution in [0.2, 0.25) is 0 Å². The Balaban J connectivity index is 0.00000128. The van der Waals surface area contributed by atoms with Gasteiger partial charge in [-0.2, -0.15) is 13.2 Å². The molecule has 0 spiro atoms. The molecule has 1 aliphatic rings. The number of aromatic nitrogens is 1.